The maximum absolute atomic E-state index is 9.98. The number of anilines is 1. The molecule has 0 saturated heterocycles. The van der Waals surface area contributed by atoms with Gasteiger partial charge in [-0.3, -0.25) is 0 Å². The number of aliphatic hydroxyl groups excluding tert-OH is 1. The summed E-state index contributed by atoms with van der Waals surface area (Å²) in [5.41, 5.74) is 7.90. The molecule has 0 amide bonds. The molecule has 3 rings (SSSR count). The molecule has 19 heavy (non-hydrogen) atoms. The SMILES string of the molecule is Nc1cc(-c2ccccc2Br)nn1C1CCCC1O. The molecule has 2 unspecified atom stereocenters. The van der Waals surface area contributed by atoms with Crippen LogP contribution in [0, 0.1) is 0 Å². The predicted molar refractivity (Wildman–Crippen MR) is 78.7 cm³/mol. The third-order valence-electron chi connectivity index (χ3n) is 3.67. The fraction of sp³-hybridized carbons (Fsp3) is 0.357. The van der Waals surface area contributed by atoms with Crippen LogP contribution in [0.15, 0.2) is 34.8 Å². The Morgan fingerprint density at radius 2 is 2.11 bits per heavy atom. The van der Waals surface area contributed by atoms with Crippen LogP contribution >= 0.6 is 15.9 Å². The summed E-state index contributed by atoms with van der Waals surface area (Å²) in [4.78, 5) is 0. The van der Waals surface area contributed by atoms with E-state index in [2.05, 4.69) is 21.0 Å². The molecule has 1 heterocycles. The Bertz CT molecular complexity index is 596. The normalized spacial score (nSPS) is 22.8. The molecule has 0 aliphatic heterocycles. The van der Waals surface area contributed by atoms with E-state index in [4.69, 9.17) is 5.73 Å². The molecular weight excluding hydrogens is 306 g/mol. The zero-order valence-corrected chi connectivity index (χ0v) is 12.0. The number of hydrogen-bond donors (Lipinski definition) is 2. The molecule has 2 aromatic rings. The van der Waals surface area contributed by atoms with Gasteiger partial charge in [0.2, 0.25) is 0 Å². The van der Waals surface area contributed by atoms with Crippen molar-refractivity contribution in [2.24, 2.45) is 0 Å². The summed E-state index contributed by atoms with van der Waals surface area (Å²) in [6.45, 7) is 0. The van der Waals surface area contributed by atoms with Crippen molar-refractivity contribution >= 4 is 21.7 Å². The van der Waals surface area contributed by atoms with Gasteiger partial charge in [0, 0.05) is 16.1 Å². The number of aliphatic hydroxyl groups is 1. The van der Waals surface area contributed by atoms with E-state index in [1.165, 1.54) is 0 Å². The number of hydrogen-bond acceptors (Lipinski definition) is 3. The highest BCUT2D eigenvalue weighted by Gasteiger charge is 2.29. The second-order valence-electron chi connectivity index (χ2n) is 4.94. The summed E-state index contributed by atoms with van der Waals surface area (Å²) in [5.74, 6) is 0.608. The number of aromatic nitrogens is 2. The number of rotatable bonds is 2. The van der Waals surface area contributed by atoms with Crippen molar-refractivity contribution in [3.63, 3.8) is 0 Å². The van der Waals surface area contributed by atoms with Crippen molar-refractivity contribution in [3.05, 3.63) is 34.8 Å². The van der Waals surface area contributed by atoms with Gasteiger partial charge in [-0.2, -0.15) is 5.10 Å². The molecule has 0 bridgehead atoms. The molecule has 0 radical (unpaired) electrons. The molecule has 3 N–H and O–H groups in total. The molecule has 1 aromatic carbocycles. The molecule has 0 spiro atoms. The Morgan fingerprint density at radius 3 is 2.79 bits per heavy atom. The molecule has 1 fully saturated rings. The minimum atomic E-state index is -0.339. The van der Waals surface area contributed by atoms with Crippen LogP contribution in [0.5, 0.6) is 0 Å². The smallest absolute Gasteiger partial charge is 0.122 e. The Labute approximate surface area is 120 Å². The van der Waals surface area contributed by atoms with Crippen molar-refractivity contribution in [1.29, 1.82) is 0 Å². The van der Waals surface area contributed by atoms with Crippen molar-refractivity contribution in [3.8, 4) is 11.3 Å². The van der Waals surface area contributed by atoms with Crippen LogP contribution in [-0.4, -0.2) is 21.0 Å². The van der Waals surface area contributed by atoms with Crippen LogP contribution in [-0.2, 0) is 0 Å². The Hall–Kier alpha value is -1.33. The van der Waals surface area contributed by atoms with Gasteiger partial charge in [0.25, 0.3) is 0 Å². The fourth-order valence-corrected chi connectivity index (χ4v) is 3.17. The molecule has 1 saturated carbocycles. The van der Waals surface area contributed by atoms with E-state index < -0.39 is 0 Å². The lowest BCUT2D eigenvalue weighted by molar-refractivity contribution is 0.131. The van der Waals surface area contributed by atoms with E-state index in [1.54, 1.807) is 4.68 Å². The van der Waals surface area contributed by atoms with Crippen molar-refractivity contribution in [1.82, 2.24) is 9.78 Å². The van der Waals surface area contributed by atoms with E-state index in [9.17, 15) is 5.11 Å². The Morgan fingerprint density at radius 1 is 1.32 bits per heavy atom. The highest BCUT2D eigenvalue weighted by molar-refractivity contribution is 9.10. The molecule has 1 aliphatic rings. The van der Waals surface area contributed by atoms with Gasteiger partial charge in [0.15, 0.2) is 0 Å². The number of nitrogens with two attached hydrogens (primary N) is 1. The zero-order chi connectivity index (χ0) is 13.4. The summed E-state index contributed by atoms with van der Waals surface area (Å²) in [5, 5.41) is 14.6. The third kappa shape index (κ3) is 2.28. The van der Waals surface area contributed by atoms with Gasteiger partial charge in [-0.25, -0.2) is 4.68 Å². The maximum atomic E-state index is 9.98. The number of nitrogens with zero attached hydrogens (tertiary/aromatic N) is 2. The van der Waals surface area contributed by atoms with E-state index >= 15 is 0 Å². The van der Waals surface area contributed by atoms with Gasteiger partial charge in [0.05, 0.1) is 17.8 Å². The molecule has 100 valence electrons. The van der Waals surface area contributed by atoms with Crippen molar-refractivity contribution < 1.29 is 5.11 Å². The molecular formula is C14H16BrN3O. The lowest BCUT2D eigenvalue weighted by Gasteiger charge is -2.16. The lowest BCUT2D eigenvalue weighted by atomic mass is 10.1. The van der Waals surface area contributed by atoms with E-state index in [1.807, 2.05) is 30.3 Å². The van der Waals surface area contributed by atoms with Crippen molar-refractivity contribution in [2.75, 3.05) is 5.73 Å². The van der Waals surface area contributed by atoms with Crippen LogP contribution in [0.25, 0.3) is 11.3 Å². The summed E-state index contributed by atoms with van der Waals surface area (Å²) >= 11 is 3.52. The Balaban J connectivity index is 2.00. The molecule has 4 nitrogen and oxygen atoms in total. The topological polar surface area (TPSA) is 64.1 Å². The number of nitrogen functional groups attached to an aromatic ring is 1. The minimum Gasteiger partial charge on any atom is -0.391 e. The maximum Gasteiger partial charge on any atom is 0.122 e. The van der Waals surface area contributed by atoms with Crippen LogP contribution in [0.3, 0.4) is 0 Å². The summed E-state index contributed by atoms with van der Waals surface area (Å²) < 4.78 is 2.76. The first-order chi connectivity index (χ1) is 9.16. The first-order valence-electron chi connectivity index (χ1n) is 6.45. The average Bonchev–Trinajstić information content (AvgIpc) is 2.96. The first-order valence-corrected chi connectivity index (χ1v) is 7.24. The zero-order valence-electron chi connectivity index (χ0n) is 10.5. The quantitative estimate of drug-likeness (QED) is 0.893. The van der Waals surface area contributed by atoms with Gasteiger partial charge in [0.1, 0.15) is 5.82 Å². The summed E-state index contributed by atoms with van der Waals surface area (Å²) in [6.07, 6.45) is 2.45. The van der Waals surface area contributed by atoms with Gasteiger partial charge in [-0.15, -0.1) is 0 Å². The van der Waals surface area contributed by atoms with Gasteiger partial charge >= 0.3 is 0 Å². The van der Waals surface area contributed by atoms with E-state index in [0.29, 0.717) is 5.82 Å². The third-order valence-corrected chi connectivity index (χ3v) is 4.36. The molecule has 1 aromatic heterocycles. The summed E-state index contributed by atoms with van der Waals surface area (Å²) in [6, 6.07) is 9.80. The van der Waals surface area contributed by atoms with Crippen LogP contribution in [0.1, 0.15) is 25.3 Å². The largest absolute Gasteiger partial charge is 0.391 e. The van der Waals surface area contributed by atoms with Crippen LogP contribution in [0.4, 0.5) is 5.82 Å². The lowest BCUT2D eigenvalue weighted by Crippen LogP contribution is -2.20. The van der Waals surface area contributed by atoms with Gasteiger partial charge in [-0.05, 0) is 25.3 Å². The molecule has 5 heteroatoms. The second-order valence-corrected chi connectivity index (χ2v) is 5.80. The average molecular weight is 322 g/mol. The minimum absolute atomic E-state index is 0.0104. The van der Waals surface area contributed by atoms with Gasteiger partial charge in [-0.1, -0.05) is 34.1 Å². The summed E-state index contributed by atoms with van der Waals surface area (Å²) in [7, 11) is 0. The van der Waals surface area contributed by atoms with Crippen LogP contribution in [0.2, 0.25) is 0 Å². The molecule has 2 atom stereocenters. The van der Waals surface area contributed by atoms with Crippen LogP contribution < -0.4 is 5.73 Å². The monoisotopic (exact) mass is 321 g/mol. The fourth-order valence-electron chi connectivity index (χ4n) is 2.68. The molecule has 1 aliphatic carbocycles. The van der Waals surface area contributed by atoms with E-state index in [-0.39, 0.29) is 12.1 Å². The standard InChI is InChI=1S/C14H16BrN3O/c15-10-5-2-1-4-9(10)11-8-14(16)18(17-11)12-6-3-7-13(12)19/h1-2,4-5,8,12-13,19H,3,6-7,16H2. The highest BCUT2D eigenvalue weighted by atomic mass is 79.9. The first kappa shape index (κ1) is 12.7. The van der Waals surface area contributed by atoms with Gasteiger partial charge < -0.3 is 10.8 Å². The Kier molecular flexibility index (Phi) is 3.33. The second kappa shape index (κ2) is 4.98. The number of halogens is 1. The van der Waals surface area contributed by atoms with Crippen molar-refractivity contribution in [2.45, 2.75) is 31.4 Å². The highest BCUT2D eigenvalue weighted by Crippen LogP contribution is 2.34. The number of benzene rings is 1. The van der Waals surface area contributed by atoms with E-state index in [0.717, 1.165) is 35.0 Å². The predicted octanol–water partition coefficient (Wildman–Crippen LogP) is 2.98.